The first-order chi connectivity index (χ1) is 13.1. The minimum absolute atomic E-state index is 0.408. The molecule has 1 aliphatic heterocycles. The van der Waals surface area contributed by atoms with E-state index in [0.717, 1.165) is 39.3 Å². The van der Waals surface area contributed by atoms with E-state index < -0.39 is 15.0 Å². The first-order valence-corrected chi connectivity index (χ1v) is 14.3. The molecule has 0 N–H and O–H groups in total. The zero-order chi connectivity index (χ0) is 19.6. The summed E-state index contributed by atoms with van der Waals surface area (Å²) in [5.41, 5.74) is 0. The van der Waals surface area contributed by atoms with Crippen molar-refractivity contribution in [2.75, 3.05) is 39.3 Å². The van der Waals surface area contributed by atoms with Gasteiger partial charge in [-0.3, -0.25) is 0 Å². The van der Waals surface area contributed by atoms with Gasteiger partial charge in [0.25, 0.3) is 0 Å². The van der Waals surface area contributed by atoms with E-state index in [0.29, 0.717) is 0 Å². The Hall–Kier alpha value is -0.560. The third kappa shape index (κ3) is 3.07. The predicted molar refractivity (Wildman–Crippen MR) is 126 cm³/mol. The fraction of sp³-hybridized carbons (Fsp3) is 0.545. The summed E-state index contributed by atoms with van der Waals surface area (Å²) in [4.78, 5) is 0. The summed E-state index contributed by atoms with van der Waals surface area (Å²) in [5.74, 6) is 0. The van der Waals surface area contributed by atoms with Gasteiger partial charge in [0, 0.05) is 50.0 Å². The summed E-state index contributed by atoms with van der Waals surface area (Å²) in [6, 6.07) is 14.1. The minimum Gasteiger partial charge on any atom is -0.244 e. The summed E-state index contributed by atoms with van der Waals surface area (Å²) in [6.45, 7) is 20.8. The van der Waals surface area contributed by atoms with E-state index in [2.05, 4.69) is 92.0 Å². The maximum Gasteiger partial charge on any atom is 0.224 e. The SMILES string of the molecule is CCN(CC)P1c2cccc3cccc(c23)[P+]1(N(CC)CC)N(CC)CC. The molecule has 1 atom stereocenters. The zero-order valence-corrected chi connectivity index (χ0v) is 19.7. The number of benzene rings is 2. The van der Waals surface area contributed by atoms with Crippen LogP contribution >= 0.6 is 15.0 Å². The highest BCUT2D eigenvalue weighted by atomic mass is 32.1. The van der Waals surface area contributed by atoms with Gasteiger partial charge < -0.3 is 0 Å². The Balaban J connectivity index is 2.42. The van der Waals surface area contributed by atoms with Crippen LogP contribution in [0, 0.1) is 0 Å². The van der Waals surface area contributed by atoms with Crippen molar-refractivity contribution in [3.05, 3.63) is 36.4 Å². The van der Waals surface area contributed by atoms with Crippen LogP contribution in [0.2, 0.25) is 0 Å². The molecule has 0 radical (unpaired) electrons. The van der Waals surface area contributed by atoms with Crippen LogP contribution in [0.15, 0.2) is 36.4 Å². The van der Waals surface area contributed by atoms with Crippen LogP contribution in [-0.4, -0.2) is 53.3 Å². The molecule has 2 aromatic carbocycles. The van der Waals surface area contributed by atoms with Crippen LogP contribution in [0.4, 0.5) is 0 Å². The fourth-order valence-electron chi connectivity index (χ4n) is 4.75. The minimum atomic E-state index is -1.67. The molecule has 148 valence electrons. The van der Waals surface area contributed by atoms with Crippen molar-refractivity contribution < 1.29 is 0 Å². The van der Waals surface area contributed by atoms with Crippen molar-refractivity contribution in [3.63, 3.8) is 0 Å². The third-order valence-electron chi connectivity index (χ3n) is 5.91. The van der Waals surface area contributed by atoms with Gasteiger partial charge >= 0.3 is 0 Å². The first-order valence-electron chi connectivity index (χ1n) is 10.6. The molecule has 1 unspecified atom stereocenters. The molecule has 27 heavy (non-hydrogen) atoms. The molecule has 0 aliphatic carbocycles. The molecule has 0 saturated heterocycles. The standard InChI is InChI=1S/C22H36N3P2/c1-7-23(8-2)26-20-17-13-15-19-16-14-18-21(22(19)20)27(26,24(9-3)10-4)25(11-5)12-6/h13-18H,7-12H2,1-6H3/q+1. The first kappa shape index (κ1) is 21.2. The Morgan fingerprint density at radius 3 is 1.70 bits per heavy atom. The Morgan fingerprint density at radius 2 is 1.22 bits per heavy atom. The highest BCUT2D eigenvalue weighted by Gasteiger charge is 2.65. The van der Waals surface area contributed by atoms with Gasteiger partial charge in [-0.25, -0.2) is 4.67 Å². The zero-order valence-electron chi connectivity index (χ0n) is 17.9. The molecule has 0 aromatic heterocycles. The second kappa shape index (κ2) is 8.85. The van der Waals surface area contributed by atoms with Crippen molar-refractivity contribution in [1.82, 2.24) is 14.0 Å². The van der Waals surface area contributed by atoms with Gasteiger partial charge in [0.05, 0.1) is 0 Å². The highest BCUT2D eigenvalue weighted by molar-refractivity contribution is 8.42. The Kier molecular flexibility index (Phi) is 6.93. The number of hydrogen-bond acceptors (Lipinski definition) is 3. The van der Waals surface area contributed by atoms with Crippen molar-refractivity contribution in [2.24, 2.45) is 0 Å². The van der Waals surface area contributed by atoms with Crippen molar-refractivity contribution in [3.8, 4) is 0 Å². The Bertz CT molecular complexity index is 750. The van der Waals surface area contributed by atoms with Gasteiger partial charge in [0.15, 0.2) is 0 Å². The summed E-state index contributed by atoms with van der Waals surface area (Å²) >= 11 is 0. The molecule has 0 bridgehead atoms. The summed E-state index contributed by atoms with van der Waals surface area (Å²) in [6.07, 6.45) is 0. The normalized spacial score (nSPS) is 18.3. The van der Waals surface area contributed by atoms with Gasteiger partial charge in [-0.05, 0) is 45.2 Å². The summed E-state index contributed by atoms with van der Waals surface area (Å²) in [7, 11) is -2.07. The molecule has 0 fully saturated rings. The number of hydrogen-bond donors (Lipinski definition) is 0. The van der Waals surface area contributed by atoms with Crippen LogP contribution in [0.3, 0.4) is 0 Å². The van der Waals surface area contributed by atoms with E-state index in [1.807, 2.05) is 0 Å². The van der Waals surface area contributed by atoms with Crippen molar-refractivity contribution in [2.45, 2.75) is 41.5 Å². The molecule has 2 aromatic rings. The van der Waals surface area contributed by atoms with Crippen LogP contribution in [0.25, 0.3) is 10.8 Å². The average Bonchev–Trinajstić information content (AvgIpc) is 2.99. The van der Waals surface area contributed by atoms with Gasteiger partial charge in [-0.15, -0.1) is 0 Å². The second-order valence-electron chi connectivity index (χ2n) is 6.93. The van der Waals surface area contributed by atoms with Crippen LogP contribution in [-0.2, 0) is 0 Å². The molecule has 0 amide bonds. The number of nitrogens with zero attached hydrogens (tertiary/aromatic N) is 3. The molecular formula is C22H36N3P2+. The lowest BCUT2D eigenvalue weighted by atomic mass is 10.1. The van der Waals surface area contributed by atoms with Crippen molar-refractivity contribution >= 4 is 36.4 Å². The largest absolute Gasteiger partial charge is 0.244 e. The average molecular weight is 404 g/mol. The number of rotatable bonds is 9. The summed E-state index contributed by atoms with van der Waals surface area (Å²) < 4.78 is 8.48. The quantitative estimate of drug-likeness (QED) is 0.526. The Labute approximate surface area is 167 Å². The van der Waals surface area contributed by atoms with Gasteiger partial charge in [-0.1, -0.05) is 38.1 Å². The predicted octanol–water partition coefficient (Wildman–Crippen LogP) is 5.29. The second-order valence-corrected chi connectivity index (χ2v) is 14.1. The molecular weight excluding hydrogens is 368 g/mol. The molecule has 5 heteroatoms. The lowest BCUT2D eigenvalue weighted by Crippen LogP contribution is -2.41. The lowest BCUT2D eigenvalue weighted by molar-refractivity contribution is 0.421. The van der Waals surface area contributed by atoms with Crippen molar-refractivity contribution in [1.29, 1.82) is 0 Å². The van der Waals surface area contributed by atoms with Gasteiger partial charge in [0.1, 0.15) is 5.30 Å². The van der Waals surface area contributed by atoms with Gasteiger partial charge in [-0.2, -0.15) is 9.34 Å². The third-order valence-corrected chi connectivity index (χ3v) is 17.2. The Morgan fingerprint density at radius 1 is 0.704 bits per heavy atom. The lowest BCUT2D eigenvalue weighted by Gasteiger charge is -2.45. The van der Waals surface area contributed by atoms with Crippen LogP contribution in [0.5, 0.6) is 0 Å². The molecule has 1 heterocycles. The smallest absolute Gasteiger partial charge is 0.224 e. The fourth-order valence-corrected chi connectivity index (χ4v) is 18.4. The monoisotopic (exact) mass is 404 g/mol. The van der Waals surface area contributed by atoms with E-state index >= 15 is 0 Å². The van der Waals surface area contributed by atoms with E-state index in [-0.39, 0.29) is 0 Å². The maximum absolute atomic E-state index is 2.85. The van der Waals surface area contributed by atoms with E-state index in [4.69, 9.17) is 0 Å². The van der Waals surface area contributed by atoms with Crippen LogP contribution < -0.4 is 10.6 Å². The van der Waals surface area contributed by atoms with E-state index in [1.54, 1.807) is 16.0 Å². The molecule has 1 aliphatic rings. The summed E-state index contributed by atoms with van der Waals surface area (Å²) in [5, 5.41) is 6.24. The van der Waals surface area contributed by atoms with E-state index in [9.17, 15) is 0 Å². The van der Waals surface area contributed by atoms with Crippen LogP contribution in [0.1, 0.15) is 41.5 Å². The topological polar surface area (TPSA) is 9.72 Å². The molecule has 0 saturated carbocycles. The maximum atomic E-state index is 2.85. The van der Waals surface area contributed by atoms with E-state index in [1.165, 1.54) is 5.39 Å². The van der Waals surface area contributed by atoms with Gasteiger partial charge in [0.2, 0.25) is 15.0 Å². The molecule has 3 nitrogen and oxygen atoms in total. The molecule has 3 rings (SSSR count). The highest BCUT2D eigenvalue weighted by Crippen LogP contribution is 2.89. The molecule has 0 spiro atoms.